The van der Waals surface area contributed by atoms with Crippen molar-refractivity contribution in [2.45, 2.75) is 32.3 Å². The van der Waals surface area contributed by atoms with Crippen LogP contribution in [0.25, 0.3) is 0 Å². The van der Waals surface area contributed by atoms with E-state index >= 15 is 0 Å². The van der Waals surface area contributed by atoms with Gasteiger partial charge in [0.05, 0.1) is 12.7 Å². The first-order chi connectivity index (χ1) is 11.6. The van der Waals surface area contributed by atoms with E-state index in [0.29, 0.717) is 56.2 Å². The normalized spacial score (nSPS) is 26.3. The summed E-state index contributed by atoms with van der Waals surface area (Å²) in [5.74, 6) is 1.14. The van der Waals surface area contributed by atoms with Crippen LogP contribution >= 0.6 is 0 Å². The van der Waals surface area contributed by atoms with Gasteiger partial charge in [-0.3, -0.25) is 4.79 Å². The predicted octanol–water partition coefficient (Wildman–Crippen LogP) is 1.44. The Bertz CT molecular complexity index is 605. The highest BCUT2D eigenvalue weighted by Crippen LogP contribution is 2.36. The van der Waals surface area contributed by atoms with E-state index in [4.69, 9.17) is 9.47 Å². The Labute approximate surface area is 142 Å². The van der Waals surface area contributed by atoms with Crippen LogP contribution in [0.3, 0.4) is 0 Å². The fourth-order valence-electron chi connectivity index (χ4n) is 3.66. The summed E-state index contributed by atoms with van der Waals surface area (Å²) in [6.45, 7) is 3.75. The molecule has 3 rings (SSSR count). The first kappa shape index (κ1) is 17.0. The monoisotopic (exact) mass is 335 g/mol. The van der Waals surface area contributed by atoms with Gasteiger partial charge in [-0.2, -0.15) is 0 Å². The molecule has 0 aromatic heterocycles. The molecule has 0 saturated carbocycles. The number of aliphatic hydroxyl groups excluding tert-OH is 2. The van der Waals surface area contributed by atoms with Gasteiger partial charge in [-0.25, -0.2) is 0 Å². The minimum atomic E-state index is -0.628. The Kier molecular flexibility index (Phi) is 4.96. The van der Waals surface area contributed by atoms with Gasteiger partial charge >= 0.3 is 0 Å². The van der Waals surface area contributed by atoms with E-state index in [1.807, 2.05) is 6.92 Å². The number of nitrogens with zero attached hydrogens (tertiary/aromatic N) is 1. The Balaban J connectivity index is 1.79. The van der Waals surface area contributed by atoms with E-state index in [2.05, 4.69) is 0 Å². The van der Waals surface area contributed by atoms with Crippen molar-refractivity contribution < 1.29 is 24.5 Å². The Morgan fingerprint density at radius 2 is 2.08 bits per heavy atom. The van der Waals surface area contributed by atoms with Gasteiger partial charge in [-0.05, 0) is 31.0 Å². The standard InChI is InChI=1S/C18H25NO5/c1-2-6-18(12-20)11-19(7-5-16(18)21)17(22)13-3-4-14-15(10-13)24-9-8-23-14/h3-4,10,16,20-21H,2,5-9,11-12H2,1H3/t16-,18-/m0/s1. The van der Waals surface area contributed by atoms with Crippen LogP contribution < -0.4 is 9.47 Å². The molecule has 1 saturated heterocycles. The second-order valence-electron chi connectivity index (χ2n) is 6.66. The zero-order valence-corrected chi connectivity index (χ0v) is 14.0. The van der Waals surface area contributed by atoms with Crippen LogP contribution in [0.4, 0.5) is 0 Å². The first-order valence-electron chi connectivity index (χ1n) is 8.57. The number of fused-ring (bicyclic) bond motifs is 1. The van der Waals surface area contributed by atoms with Crippen molar-refractivity contribution in [3.8, 4) is 11.5 Å². The maximum atomic E-state index is 12.9. The fraction of sp³-hybridized carbons (Fsp3) is 0.611. The molecular weight excluding hydrogens is 310 g/mol. The Hall–Kier alpha value is -1.79. The van der Waals surface area contributed by atoms with Crippen molar-refractivity contribution in [3.63, 3.8) is 0 Å². The van der Waals surface area contributed by atoms with Gasteiger partial charge in [-0.15, -0.1) is 0 Å². The van der Waals surface area contributed by atoms with Crippen LogP contribution in [0, 0.1) is 5.41 Å². The maximum Gasteiger partial charge on any atom is 0.254 e. The highest BCUT2D eigenvalue weighted by molar-refractivity contribution is 5.95. The summed E-state index contributed by atoms with van der Waals surface area (Å²) in [5, 5.41) is 20.2. The number of carbonyl (C=O) groups excluding carboxylic acids is 1. The third kappa shape index (κ3) is 3.08. The van der Waals surface area contributed by atoms with Crippen molar-refractivity contribution in [2.24, 2.45) is 5.41 Å². The molecule has 1 aromatic rings. The molecule has 2 heterocycles. The Morgan fingerprint density at radius 3 is 2.79 bits per heavy atom. The number of carbonyl (C=O) groups is 1. The van der Waals surface area contributed by atoms with E-state index in [-0.39, 0.29) is 12.5 Å². The number of amides is 1. The third-order valence-electron chi connectivity index (χ3n) is 5.02. The van der Waals surface area contributed by atoms with E-state index in [9.17, 15) is 15.0 Å². The van der Waals surface area contributed by atoms with Gasteiger partial charge in [0.15, 0.2) is 11.5 Å². The van der Waals surface area contributed by atoms with Crippen molar-refractivity contribution in [3.05, 3.63) is 23.8 Å². The minimum Gasteiger partial charge on any atom is -0.486 e. The molecule has 0 unspecified atom stereocenters. The fourth-order valence-corrected chi connectivity index (χ4v) is 3.66. The molecule has 1 amide bonds. The molecule has 0 spiro atoms. The lowest BCUT2D eigenvalue weighted by Crippen LogP contribution is -2.55. The summed E-state index contributed by atoms with van der Waals surface area (Å²) in [5.41, 5.74) is -0.0878. The molecule has 0 bridgehead atoms. The molecule has 1 fully saturated rings. The lowest BCUT2D eigenvalue weighted by Gasteiger charge is -2.45. The zero-order valence-electron chi connectivity index (χ0n) is 14.0. The number of hydrogen-bond donors (Lipinski definition) is 2. The van der Waals surface area contributed by atoms with Crippen LogP contribution in [0.1, 0.15) is 36.5 Å². The van der Waals surface area contributed by atoms with Gasteiger partial charge < -0.3 is 24.6 Å². The molecule has 0 aliphatic carbocycles. The van der Waals surface area contributed by atoms with E-state index in [1.54, 1.807) is 23.1 Å². The summed E-state index contributed by atoms with van der Waals surface area (Å²) < 4.78 is 11.0. The molecular formula is C18H25NO5. The van der Waals surface area contributed by atoms with Crippen LogP contribution in [0.15, 0.2) is 18.2 Å². The summed E-state index contributed by atoms with van der Waals surface area (Å²) >= 11 is 0. The van der Waals surface area contributed by atoms with Gasteiger partial charge in [0.2, 0.25) is 0 Å². The second-order valence-corrected chi connectivity index (χ2v) is 6.66. The van der Waals surface area contributed by atoms with Crippen molar-refractivity contribution in [1.29, 1.82) is 0 Å². The number of aliphatic hydroxyl groups is 2. The molecule has 2 aliphatic rings. The van der Waals surface area contributed by atoms with Crippen molar-refractivity contribution in [2.75, 3.05) is 32.9 Å². The number of benzene rings is 1. The first-order valence-corrected chi connectivity index (χ1v) is 8.57. The van der Waals surface area contributed by atoms with Gasteiger partial charge in [-0.1, -0.05) is 13.3 Å². The molecule has 6 nitrogen and oxygen atoms in total. The molecule has 24 heavy (non-hydrogen) atoms. The Morgan fingerprint density at radius 1 is 1.33 bits per heavy atom. The average Bonchev–Trinajstić information content (AvgIpc) is 2.62. The number of hydrogen-bond acceptors (Lipinski definition) is 5. The largest absolute Gasteiger partial charge is 0.486 e. The number of ether oxygens (including phenoxy) is 2. The summed E-state index contributed by atoms with van der Waals surface area (Å²) in [7, 11) is 0. The zero-order chi connectivity index (χ0) is 17.2. The predicted molar refractivity (Wildman–Crippen MR) is 88.4 cm³/mol. The quantitative estimate of drug-likeness (QED) is 0.870. The van der Waals surface area contributed by atoms with E-state index < -0.39 is 11.5 Å². The van der Waals surface area contributed by atoms with E-state index in [1.165, 1.54) is 0 Å². The van der Waals surface area contributed by atoms with Crippen LogP contribution in [0.5, 0.6) is 11.5 Å². The van der Waals surface area contributed by atoms with Gasteiger partial charge in [0, 0.05) is 24.1 Å². The summed E-state index contributed by atoms with van der Waals surface area (Å²) in [6, 6.07) is 5.20. The maximum absolute atomic E-state index is 12.9. The molecule has 1 aromatic carbocycles. The molecule has 2 N–H and O–H groups in total. The average molecular weight is 335 g/mol. The highest BCUT2D eigenvalue weighted by atomic mass is 16.6. The van der Waals surface area contributed by atoms with Crippen LogP contribution in [0.2, 0.25) is 0 Å². The third-order valence-corrected chi connectivity index (χ3v) is 5.02. The smallest absolute Gasteiger partial charge is 0.254 e. The van der Waals surface area contributed by atoms with Gasteiger partial charge in [0.25, 0.3) is 5.91 Å². The molecule has 6 heteroatoms. The summed E-state index contributed by atoms with van der Waals surface area (Å²) in [4.78, 5) is 14.6. The molecule has 132 valence electrons. The van der Waals surface area contributed by atoms with Crippen molar-refractivity contribution in [1.82, 2.24) is 4.90 Å². The summed E-state index contributed by atoms with van der Waals surface area (Å²) in [6.07, 6.45) is 1.45. The number of likely N-dealkylation sites (tertiary alicyclic amines) is 1. The topological polar surface area (TPSA) is 79.2 Å². The minimum absolute atomic E-state index is 0.104. The van der Waals surface area contributed by atoms with E-state index in [0.717, 1.165) is 6.42 Å². The molecule has 2 aliphatic heterocycles. The van der Waals surface area contributed by atoms with Crippen LogP contribution in [-0.4, -0.2) is 60.0 Å². The molecule has 0 radical (unpaired) electrons. The SMILES string of the molecule is CCC[C@@]1(CO)CN(C(=O)c2ccc3c(c2)OCCO3)CC[C@@H]1O. The lowest BCUT2D eigenvalue weighted by molar-refractivity contribution is -0.0720. The number of piperidine rings is 1. The van der Waals surface area contributed by atoms with Crippen LogP contribution in [-0.2, 0) is 0 Å². The highest BCUT2D eigenvalue weighted by Gasteiger charge is 2.43. The molecule has 2 atom stereocenters. The van der Waals surface area contributed by atoms with Gasteiger partial charge in [0.1, 0.15) is 13.2 Å². The lowest BCUT2D eigenvalue weighted by atomic mass is 9.74. The number of rotatable bonds is 4. The second kappa shape index (κ2) is 6.99. The van der Waals surface area contributed by atoms with Crippen molar-refractivity contribution >= 4 is 5.91 Å².